The Hall–Kier alpha value is -3.98. The third kappa shape index (κ3) is 5.38. The highest BCUT2D eigenvalue weighted by atomic mass is 79.9. The molecule has 0 N–H and O–H groups in total. The minimum absolute atomic E-state index is 0.182. The molecule has 3 heterocycles. The molecular formula is C32H22BrClN2O4S. The normalized spacial score (nSPS) is 15.0. The molecule has 1 aliphatic rings. The van der Waals surface area contributed by atoms with Gasteiger partial charge in [-0.1, -0.05) is 93.5 Å². The summed E-state index contributed by atoms with van der Waals surface area (Å²) in [5, 5.41) is 0.547. The summed E-state index contributed by atoms with van der Waals surface area (Å²) in [4.78, 5) is 32.8. The van der Waals surface area contributed by atoms with Gasteiger partial charge in [0.25, 0.3) is 5.56 Å². The predicted octanol–water partition coefficient (Wildman–Crippen LogP) is 6.61. The van der Waals surface area contributed by atoms with E-state index in [0.717, 1.165) is 15.6 Å². The largest absolute Gasteiger partial charge is 0.463 e. The Kier molecular flexibility index (Phi) is 7.62. The molecule has 6 rings (SSSR count). The third-order valence-electron chi connectivity index (χ3n) is 6.59. The van der Waals surface area contributed by atoms with Crippen LogP contribution in [0.15, 0.2) is 115 Å². The van der Waals surface area contributed by atoms with E-state index in [1.807, 2.05) is 78.9 Å². The van der Waals surface area contributed by atoms with Crippen LogP contribution in [-0.4, -0.2) is 17.1 Å². The van der Waals surface area contributed by atoms with Crippen molar-refractivity contribution in [2.75, 3.05) is 6.61 Å². The van der Waals surface area contributed by atoms with E-state index in [1.165, 1.54) is 11.3 Å². The van der Waals surface area contributed by atoms with Crippen LogP contribution >= 0.6 is 38.9 Å². The Morgan fingerprint density at radius 1 is 1.02 bits per heavy atom. The summed E-state index contributed by atoms with van der Waals surface area (Å²) in [5.41, 5.74) is 2.84. The van der Waals surface area contributed by atoms with Gasteiger partial charge in [0.05, 0.1) is 28.5 Å². The van der Waals surface area contributed by atoms with E-state index in [2.05, 4.69) is 15.9 Å². The fraction of sp³-hybridized carbons (Fsp3) is 0.0938. The molecule has 0 bridgehead atoms. The number of halogens is 2. The second kappa shape index (κ2) is 11.5. The standard InChI is InChI=1S/C32H22BrClN2O4S/c1-2-39-31(38)27-28(20-6-4-3-5-7-20)35-32-36(29(27)21-10-14-23(34)15-11-21)30(37)26(41-32)18-24-16-17-25(40-24)19-8-12-22(33)13-9-19/h3-18,29H,2H2,1H3/b26-18-. The molecule has 1 aliphatic heterocycles. The number of hydrogen-bond donors (Lipinski definition) is 0. The van der Waals surface area contributed by atoms with Crippen LogP contribution in [0.3, 0.4) is 0 Å². The van der Waals surface area contributed by atoms with Crippen molar-refractivity contribution in [2.45, 2.75) is 13.0 Å². The lowest BCUT2D eigenvalue weighted by molar-refractivity contribution is -0.138. The fourth-order valence-electron chi connectivity index (χ4n) is 4.73. The molecule has 0 aliphatic carbocycles. The molecule has 41 heavy (non-hydrogen) atoms. The number of carbonyl (C=O) groups is 1. The molecule has 0 saturated carbocycles. The van der Waals surface area contributed by atoms with E-state index in [4.69, 9.17) is 25.7 Å². The first-order valence-electron chi connectivity index (χ1n) is 12.8. The number of furan rings is 1. The van der Waals surface area contributed by atoms with Crippen molar-refractivity contribution < 1.29 is 13.9 Å². The van der Waals surface area contributed by atoms with Gasteiger partial charge in [-0.15, -0.1) is 0 Å². The lowest BCUT2D eigenvalue weighted by Crippen LogP contribution is -2.39. The second-order valence-electron chi connectivity index (χ2n) is 9.19. The molecule has 0 spiro atoms. The van der Waals surface area contributed by atoms with Gasteiger partial charge in [0.2, 0.25) is 0 Å². The van der Waals surface area contributed by atoms with Crippen LogP contribution in [0, 0.1) is 0 Å². The van der Waals surface area contributed by atoms with Crippen molar-refractivity contribution >= 4 is 56.6 Å². The molecule has 0 radical (unpaired) electrons. The highest BCUT2D eigenvalue weighted by molar-refractivity contribution is 9.10. The average Bonchev–Trinajstić information content (AvgIpc) is 3.58. The zero-order valence-electron chi connectivity index (χ0n) is 21.7. The van der Waals surface area contributed by atoms with Crippen LogP contribution in [0.5, 0.6) is 0 Å². The fourth-order valence-corrected chi connectivity index (χ4v) is 6.10. The van der Waals surface area contributed by atoms with E-state index in [9.17, 15) is 9.59 Å². The molecular weight excluding hydrogens is 624 g/mol. The molecule has 0 amide bonds. The first-order valence-corrected chi connectivity index (χ1v) is 14.8. The van der Waals surface area contributed by atoms with Gasteiger partial charge in [-0.05, 0) is 48.9 Å². The molecule has 0 saturated heterocycles. The van der Waals surface area contributed by atoms with Gasteiger partial charge in [-0.3, -0.25) is 9.36 Å². The number of thiazole rings is 1. The van der Waals surface area contributed by atoms with Gasteiger partial charge < -0.3 is 9.15 Å². The Bertz CT molecular complexity index is 1960. The minimum atomic E-state index is -0.769. The SMILES string of the molecule is CCOC(=O)C1=C(c2ccccc2)N=c2s/c(=C\c3ccc(-c4ccc(Br)cc4)o3)c(=O)n2C1c1ccc(Cl)cc1. The molecule has 9 heteroatoms. The topological polar surface area (TPSA) is 73.8 Å². The molecule has 0 fully saturated rings. The minimum Gasteiger partial charge on any atom is -0.463 e. The highest BCUT2D eigenvalue weighted by Crippen LogP contribution is 2.35. The van der Waals surface area contributed by atoms with Gasteiger partial charge in [0.15, 0.2) is 4.80 Å². The summed E-state index contributed by atoms with van der Waals surface area (Å²) in [7, 11) is 0. The molecule has 204 valence electrons. The van der Waals surface area contributed by atoms with E-state index < -0.39 is 12.0 Å². The number of esters is 1. The number of carbonyl (C=O) groups excluding carboxylic acids is 1. The summed E-state index contributed by atoms with van der Waals surface area (Å²) in [6.45, 7) is 1.93. The van der Waals surface area contributed by atoms with E-state index in [0.29, 0.717) is 37.1 Å². The molecule has 6 nitrogen and oxygen atoms in total. The number of benzene rings is 3. The average molecular weight is 646 g/mol. The summed E-state index contributed by atoms with van der Waals surface area (Å²) in [6, 6.07) is 27.3. The number of hydrogen-bond acceptors (Lipinski definition) is 6. The predicted molar refractivity (Wildman–Crippen MR) is 164 cm³/mol. The Morgan fingerprint density at radius 2 is 1.76 bits per heavy atom. The Labute approximate surface area is 252 Å². The maximum atomic E-state index is 14.0. The number of rotatable bonds is 6. The van der Waals surface area contributed by atoms with Crippen LogP contribution in [0.4, 0.5) is 0 Å². The van der Waals surface area contributed by atoms with E-state index >= 15 is 0 Å². The van der Waals surface area contributed by atoms with E-state index in [-0.39, 0.29) is 17.7 Å². The van der Waals surface area contributed by atoms with Crippen molar-refractivity contribution in [1.29, 1.82) is 0 Å². The third-order valence-corrected chi connectivity index (χ3v) is 8.35. The van der Waals surface area contributed by atoms with Crippen molar-refractivity contribution in [3.05, 3.63) is 143 Å². The van der Waals surface area contributed by atoms with Crippen molar-refractivity contribution in [3.8, 4) is 11.3 Å². The number of aromatic nitrogens is 1. The monoisotopic (exact) mass is 644 g/mol. The van der Waals surface area contributed by atoms with Crippen LogP contribution < -0.4 is 14.9 Å². The van der Waals surface area contributed by atoms with Gasteiger partial charge in [0.1, 0.15) is 11.5 Å². The van der Waals surface area contributed by atoms with Gasteiger partial charge >= 0.3 is 5.97 Å². The molecule has 5 aromatic rings. The van der Waals surface area contributed by atoms with Gasteiger partial charge in [-0.2, -0.15) is 0 Å². The maximum absolute atomic E-state index is 14.0. The zero-order valence-corrected chi connectivity index (χ0v) is 24.9. The summed E-state index contributed by atoms with van der Waals surface area (Å²) < 4.78 is 14.5. The van der Waals surface area contributed by atoms with Crippen molar-refractivity contribution in [2.24, 2.45) is 4.99 Å². The molecule has 1 atom stereocenters. The smallest absolute Gasteiger partial charge is 0.338 e. The van der Waals surface area contributed by atoms with Gasteiger partial charge in [0, 0.05) is 26.7 Å². The maximum Gasteiger partial charge on any atom is 0.338 e. The quantitative estimate of drug-likeness (QED) is 0.195. The highest BCUT2D eigenvalue weighted by Gasteiger charge is 2.35. The van der Waals surface area contributed by atoms with Crippen molar-refractivity contribution in [1.82, 2.24) is 4.57 Å². The lowest BCUT2D eigenvalue weighted by Gasteiger charge is -2.25. The second-order valence-corrected chi connectivity index (χ2v) is 11.6. The molecule has 2 aromatic heterocycles. The number of fused-ring (bicyclic) bond motifs is 1. The Morgan fingerprint density at radius 3 is 2.46 bits per heavy atom. The van der Waals surface area contributed by atoms with E-state index in [1.54, 1.807) is 29.7 Å². The van der Waals surface area contributed by atoms with Crippen LogP contribution in [0.25, 0.3) is 23.1 Å². The van der Waals surface area contributed by atoms with Crippen LogP contribution in [0.2, 0.25) is 5.02 Å². The number of nitrogens with zero attached hydrogens (tertiary/aromatic N) is 2. The summed E-state index contributed by atoms with van der Waals surface area (Å²) in [5.74, 6) is 0.685. The zero-order chi connectivity index (χ0) is 28.5. The number of ether oxygens (including phenoxy) is 1. The summed E-state index contributed by atoms with van der Waals surface area (Å²) in [6.07, 6.45) is 1.71. The molecule has 1 unspecified atom stereocenters. The first-order chi connectivity index (χ1) is 19.9. The van der Waals surface area contributed by atoms with Gasteiger partial charge in [-0.25, -0.2) is 9.79 Å². The summed E-state index contributed by atoms with van der Waals surface area (Å²) >= 11 is 10.9. The van der Waals surface area contributed by atoms with Crippen LogP contribution in [-0.2, 0) is 9.53 Å². The molecule has 3 aromatic carbocycles. The lowest BCUT2D eigenvalue weighted by atomic mass is 9.93. The van der Waals surface area contributed by atoms with Crippen LogP contribution in [0.1, 0.15) is 29.9 Å². The Balaban J connectivity index is 1.55. The van der Waals surface area contributed by atoms with Crippen molar-refractivity contribution in [3.63, 3.8) is 0 Å². The first kappa shape index (κ1) is 27.2.